The van der Waals surface area contributed by atoms with Crippen LogP contribution in [0.1, 0.15) is 35.0 Å². The van der Waals surface area contributed by atoms with E-state index in [1.54, 1.807) is 0 Å². The number of carbonyl (C=O) groups excluding carboxylic acids is 1. The Kier molecular flexibility index (Phi) is 5.43. The SMILES string of the molecule is CC(C)c1ccsc1C(=O)NCC1CNC1.Cl. The Morgan fingerprint density at radius 2 is 2.29 bits per heavy atom. The Hall–Kier alpha value is -0.580. The van der Waals surface area contributed by atoms with Crippen LogP contribution in [0.2, 0.25) is 0 Å². The zero-order chi connectivity index (χ0) is 11.5. The molecule has 96 valence electrons. The van der Waals surface area contributed by atoms with Crippen molar-refractivity contribution < 1.29 is 4.79 Å². The van der Waals surface area contributed by atoms with E-state index in [4.69, 9.17) is 0 Å². The van der Waals surface area contributed by atoms with Gasteiger partial charge in [0.15, 0.2) is 0 Å². The predicted molar refractivity (Wildman–Crippen MR) is 74.3 cm³/mol. The summed E-state index contributed by atoms with van der Waals surface area (Å²) in [5.74, 6) is 1.12. The van der Waals surface area contributed by atoms with Gasteiger partial charge in [-0.2, -0.15) is 0 Å². The van der Waals surface area contributed by atoms with Crippen LogP contribution >= 0.6 is 23.7 Å². The minimum absolute atomic E-state index is 0. The summed E-state index contributed by atoms with van der Waals surface area (Å²) in [4.78, 5) is 12.8. The molecule has 3 nitrogen and oxygen atoms in total. The van der Waals surface area contributed by atoms with Crippen LogP contribution in [0.15, 0.2) is 11.4 Å². The molecule has 1 aromatic heterocycles. The van der Waals surface area contributed by atoms with Crippen molar-refractivity contribution in [2.45, 2.75) is 19.8 Å². The van der Waals surface area contributed by atoms with E-state index in [1.807, 2.05) is 5.38 Å². The molecule has 0 aliphatic carbocycles. The Morgan fingerprint density at radius 1 is 1.59 bits per heavy atom. The van der Waals surface area contributed by atoms with Gasteiger partial charge in [-0.15, -0.1) is 23.7 Å². The average molecular weight is 275 g/mol. The van der Waals surface area contributed by atoms with E-state index >= 15 is 0 Å². The van der Waals surface area contributed by atoms with Crippen molar-refractivity contribution in [2.24, 2.45) is 5.92 Å². The van der Waals surface area contributed by atoms with Crippen LogP contribution in [-0.4, -0.2) is 25.5 Å². The van der Waals surface area contributed by atoms with E-state index < -0.39 is 0 Å². The molecule has 1 fully saturated rings. The summed E-state index contributed by atoms with van der Waals surface area (Å²) < 4.78 is 0. The molecule has 1 saturated heterocycles. The number of rotatable bonds is 4. The van der Waals surface area contributed by atoms with Gasteiger partial charge in [0.2, 0.25) is 0 Å². The fourth-order valence-electron chi connectivity index (χ4n) is 1.77. The van der Waals surface area contributed by atoms with Crippen molar-refractivity contribution in [1.82, 2.24) is 10.6 Å². The second kappa shape index (κ2) is 6.38. The third-order valence-electron chi connectivity index (χ3n) is 2.94. The molecule has 0 unspecified atom stereocenters. The highest BCUT2D eigenvalue weighted by Crippen LogP contribution is 2.24. The molecule has 0 radical (unpaired) electrons. The lowest BCUT2D eigenvalue weighted by atomic mass is 10.0. The molecule has 5 heteroatoms. The number of carbonyl (C=O) groups is 1. The van der Waals surface area contributed by atoms with Crippen LogP contribution < -0.4 is 10.6 Å². The van der Waals surface area contributed by atoms with E-state index in [2.05, 4.69) is 30.5 Å². The van der Waals surface area contributed by atoms with E-state index in [-0.39, 0.29) is 18.3 Å². The summed E-state index contributed by atoms with van der Waals surface area (Å²) in [5.41, 5.74) is 1.16. The molecule has 2 rings (SSSR count). The van der Waals surface area contributed by atoms with Gasteiger partial charge in [-0.3, -0.25) is 4.79 Å². The molecule has 0 atom stereocenters. The van der Waals surface area contributed by atoms with E-state index in [9.17, 15) is 4.79 Å². The summed E-state index contributed by atoms with van der Waals surface area (Å²) in [6, 6.07) is 2.05. The Bertz CT molecular complexity index is 374. The smallest absolute Gasteiger partial charge is 0.261 e. The molecule has 17 heavy (non-hydrogen) atoms. The van der Waals surface area contributed by atoms with Crippen molar-refractivity contribution in [3.63, 3.8) is 0 Å². The van der Waals surface area contributed by atoms with Gasteiger partial charge in [-0.05, 0) is 22.9 Å². The highest BCUT2D eigenvalue weighted by Gasteiger charge is 2.19. The molecular weight excluding hydrogens is 256 g/mol. The van der Waals surface area contributed by atoms with Crippen molar-refractivity contribution in [3.05, 3.63) is 21.9 Å². The van der Waals surface area contributed by atoms with Gasteiger partial charge in [-0.25, -0.2) is 0 Å². The van der Waals surface area contributed by atoms with Gasteiger partial charge in [0.1, 0.15) is 0 Å². The Morgan fingerprint density at radius 3 is 2.82 bits per heavy atom. The zero-order valence-electron chi connectivity index (χ0n) is 10.2. The first-order valence-corrected chi connectivity index (χ1v) is 6.62. The first-order valence-electron chi connectivity index (χ1n) is 5.74. The minimum atomic E-state index is 0. The second-order valence-corrected chi connectivity index (χ2v) is 5.51. The third-order valence-corrected chi connectivity index (χ3v) is 3.87. The molecule has 2 heterocycles. The van der Waals surface area contributed by atoms with E-state index in [1.165, 1.54) is 11.3 Å². The number of hydrogen-bond acceptors (Lipinski definition) is 3. The van der Waals surface area contributed by atoms with Crippen molar-refractivity contribution in [1.29, 1.82) is 0 Å². The van der Waals surface area contributed by atoms with Crippen LogP contribution in [-0.2, 0) is 0 Å². The predicted octanol–water partition coefficient (Wildman–Crippen LogP) is 2.24. The molecule has 1 amide bonds. The molecular formula is C12H19ClN2OS. The van der Waals surface area contributed by atoms with Crippen LogP contribution in [0.3, 0.4) is 0 Å². The lowest BCUT2D eigenvalue weighted by molar-refractivity contribution is 0.0945. The molecule has 1 aliphatic heterocycles. The zero-order valence-corrected chi connectivity index (χ0v) is 11.8. The number of nitrogens with one attached hydrogen (secondary N) is 2. The Balaban J connectivity index is 0.00000144. The number of halogens is 1. The van der Waals surface area contributed by atoms with E-state index in [0.717, 1.165) is 30.1 Å². The summed E-state index contributed by atoms with van der Waals surface area (Å²) in [6.45, 7) is 7.09. The number of hydrogen-bond donors (Lipinski definition) is 2. The van der Waals surface area contributed by atoms with Crippen LogP contribution in [0.5, 0.6) is 0 Å². The highest BCUT2D eigenvalue weighted by atomic mass is 35.5. The standard InChI is InChI=1S/C12H18N2OS.ClH/c1-8(2)10-3-4-16-11(10)12(15)14-7-9-5-13-6-9;/h3-4,8-9,13H,5-7H2,1-2H3,(H,14,15);1H. The molecule has 1 aromatic rings. The molecule has 0 bridgehead atoms. The minimum Gasteiger partial charge on any atom is -0.351 e. The monoisotopic (exact) mass is 274 g/mol. The number of amides is 1. The molecule has 0 saturated carbocycles. The summed E-state index contributed by atoms with van der Waals surface area (Å²) >= 11 is 1.54. The van der Waals surface area contributed by atoms with Gasteiger partial charge in [0.25, 0.3) is 5.91 Å². The first kappa shape index (κ1) is 14.5. The molecule has 0 aromatic carbocycles. The van der Waals surface area contributed by atoms with Gasteiger partial charge < -0.3 is 10.6 Å². The first-order chi connectivity index (χ1) is 7.68. The number of thiophene rings is 1. The van der Waals surface area contributed by atoms with Crippen LogP contribution in [0.25, 0.3) is 0 Å². The van der Waals surface area contributed by atoms with Crippen molar-refractivity contribution in [2.75, 3.05) is 19.6 Å². The van der Waals surface area contributed by atoms with Crippen molar-refractivity contribution in [3.8, 4) is 0 Å². The maximum atomic E-state index is 12.0. The summed E-state index contributed by atoms with van der Waals surface area (Å²) in [7, 11) is 0. The second-order valence-electron chi connectivity index (χ2n) is 4.59. The fraction of sp³-hybridized carbons (Fsp3) is 0.583. The van der Waals surface area contributed by atoms with E-state index in [0.29, 0.717) is 11.8 Å². The lowest BCUT2D eigenvalue weighted by Crippen LogP contribution is -2.48. The fourth-order valence-corrected chi connectivity index (χ4v) is 2.74. The normalized spacial score (nSPS) is 15.2. The molecule has 2 N–H and O–H groups in total. The quantitative estimate of drug-likeness (QED) is 0.884. The highest BCUT2D eigenvalue weighted by molar-refractivity contribution is 7.12. The summed E-state index contributed by atoms with van der Waals surface area (Å²) in [5, 5.41) is 8.21. The van der Waals surface area contributed by atoms with Crippen LogP contribution in [0.4, 0.5) is 0 Å². The summed E-state index contributed by atoms with van der Waals surface area (Å²) in [6.07, 6.45) is 0. The van der Waals surface area contributed by atoms with Gasteiger partial charge in [-0.1, -0.05) is 13.8 Å². The van der Waals surface area contributed by atoms with Gasteiger partial charge in [0.05, 0.1) is 4.88 Å². The maximum absolute atomic E-state index is 12.0. The van der Waals surface area contributed by atoms with Crippen LogP contribution in [0, 0.1) is 5.92 Å². The lowest BCUT2D eigenvalue weighted by Gasteiger charge is -2.27. The Labute approximate surface area is 112 Å². The van der Waals surface area contributed by atoms with Gasteiger partial charge in [0, 0.05) is 25.6 Å². The largest absolute Gasteiger partial charge is 0.351 e. The third kappa shape index (κ3) is 3.44. The molecule has 0 spiro atoms. The topological polar surface area (TPSA) is 41.1 Å². The molecule has 1 aliphatic rings. The van der Waals surface area contributed by atoms with Crippen molar-refractivity contribution >= 4 is 29.7 Å². The van der Waals surface area contributed by atoms with Gasteiger partial charge >= 0.3 is 0 Å². The maximum Gasteiger partial charge on any atom is 0.261 e. The average Bonchev–Trinajstić information content (AvgIpc) is 2.63.